The molecule has 2 atom stereocenters. The maximum absolute atomic E-state index is 12.5. The molecule has 114 valence electrons. The number of piperidine rings is 1. The number of rotatable bonds is 4. The van der Waals surface area contributed by atoms with Crippen molar-refractivity contribution in [2.24, 2.45) is 5.92 Å². The maximum atomic E-state index is 12.5. The first kappa shape index (κ1) is 15.1. The second kappa shape index (κ2) is 6.92. The molecule has 20 heavy (non-hydrogen) atoms. The molecule has 0 aromatic rings. The van der Waals surface area contributed by atoms with Gasteiger partial charge >= 0.3 is 12.0 Å². The molecule has 2 N–H and O–H groups in total. The first-order valence-electron chi connectivity index (χ1n) is 7.50. The first-order chi connectivity index (χ1) is 9.61. The maximum Gasteiger partial charge on any atom is 0.320 e. The predicted octanol–water partition coefficient (Wildman–Crippen LogP) is 1.14. The van der Waals surface area contributed by atoms with E-state index in [9.17, 15) is 9.59 Å². The molecule has 0 aromatic heterocycles. The fraction of sp³-hybridized carbons (Fsp3) is 0.857. The monoisotopic (exact) mass is 284 g/mol. The molecule has 2 aliphatic heterocycles. The van der Waals surface area contributed by atoms with E-state index in [4.69, 9.17) is 10.2 Å². The Hall–Kier alpha value is -1.30. The number of carbonyl (C=O) groups is 2. The van der Waals surface area contributed by atoms with Gasteiger partial charge in [-0.3, -0.25) is 4.79 Å². The minimum Gasteiger partial charge on any atom is -0.481 e. The third-order valence-electron chi connectivity index (χ3n) is 4.36. The van der Waals surface area contributed by atoms with Gasteiger partial charge in [0.1, 0.15) is 0 Å². The van der Waals surface area contributed by atoms with E-state index in [1.54, 1.807) is 4.90 Å². The fourth-order valence-corrected chi connectivity index (χ4v) is 3.34. The molecule has 0 bridgehead atoms. The lowest BCUT2D eigenvalue weighted by Gasteiger charge is -2.36. The van der Waals surface area contributed by atoms with Crippen molar-refractivity contribution in [3.8, 4) is 0 Å². The SMILES string of the molecule is O=C(O)CC1CCCN1C(=O)N1CCCC(CCO)C1. The average molecular weight is 284 g/mol. The highest BCUT2D eigenvalue weighted by Gasteiger charge is 2.34. The van der Waals surface area contributed by atoms with Crippen LogP contribution in [-0.4, -0.2) is 64.3 Å². The summed E-state index contributed by atoms with van der Waals surface area (Å²) in [6.45, 7) is 2.27. The van der Waals surface area contributed by atoms with Gasteiger partial charge in [0.25, 0.3) is 0 Å². The molecule has 6 heteroatoms. The Balaban J connectivity index is 1.93. The van der Waals surface area contributed by atoms with Gasteiger partial charge in [-0.05, 0) is 38.0 Å². The van der Waals surface area contributed by atoms with E-state index in [1.165, 1.54) is 0 Å². The largest absolute Gasteiger partial charge is 0.481 e. The molecule has 0 radical (unpaired) electrons. The average Bonchev–Trinajstić information content (AvgIpc) is 2.86. The Morgan fingerprint density at radius 2 is 1.90 bits per heavy atom. The summed E-state index contributed by atoms with van der Waals surface area (Å²) in [5.41, 5.74) is 0. The molecule has 2 aliphatic rings. The van der Waals surface area contributed by atoms with Crippen molar-refractivity contribution in [3.05, 3.63) is 0 Å². The molecule has 2 heterocycles. The Kier molecular flexibility index (Phi) is 5.23. The summed E-state index contributed by atoms with van der Waals surface area (Å²) in [4.78, 5) is 27.0. The molecule has 0 aliphatic carbocycles. The number of likely N-dealkylation sites (tertiary alicyclic amines) is 2. The van der Waals surface area contributed by atoms with Crippen molar-refractivity contribution >= 4 is 12.0 Å². The van der Waals surface area contributed by atoms with Crippen molar-refractivity contribution in [1.82, 2.24) is 9.80 Å². The van der Waals surface area contributed by atoms with Crippen LogP contribution in [0.1, 0.15) is 38.5 Å². The van der Waals surface area contributed by atoms with E-state index >= 15 is 0 Å². The highest BCUT2D eigenvalue weighted by molar-refractivity contribution is 5.76. The Labute approximate surface area is 119 Å². The summed E-state index contributed by atoms with van der Waals surface area (Å²) < 4.78 is 0. The molecule has 0 aromatic carbocycles. The number of amides is 2. The topological polar surface area (TPSA) is 81.1 Å². The second-order valence-corrected chi connectivity index (χ2v) is 5.84. The number of hydrogen-bond acceptors (Lipinski definition) is 3. The molecule has 6 nitrogen and oxygen atoms in total. The number of carbonyl (C=O) groups excluding carboxylic acids is 1. The number of nitrogens with zero attached hydrogens (tertiary/aromatic N) is 2. The van der Waals surface area contributed by atoms with Crippen LogP contribution in [0, 0.1) is 5.92 Å². The molecule has 2 unspecified atom stereocenters. The van der Waals surface area contributed by atoms with Crippen LogP contribution in [0.15, 0.2) is 0 Å². The van der Waals surface area contributed by atoms with Crippen LogP contribution in [0.5, 0.6) is 0 Å². The van der Waals surface area contributed by atoms with Crippen LogP contribution in [0.3, 0.4) is 0 Å². The molecular weight excluding hydrogens is 260 g/mol. The number of aliphatic hydroxyl groups excluding tert-OH is 1. The van der Waals surface area contributed by atoms with Gasteiger partial charge < -0.3 is 20.0 Å². The zero-order chi connectivity index (χ0) is 14.5. The third-order valence-corrected chi connectivity index (χ3v) is 4.36. The second-order valence-electron chi connectivity index (χ2n) is 5.84. The van der Waals surface area contributed by atoms with Crippen molar-refractivity contribution in [1.29, 1.82) is 0 Å². The summed E-state index contributed by atoms with van der Waals surface area (Å²) in [5, 5.41) is 17.9. The lowest BCUT2D eigenvalue weighted by atomic mass is 9.95. The first-order valence-corrected chi connectivity index (χ1v) is 7.50. The van der Waals surface area contributed by atoms with E-state index in [0.29, 0.717) is 19.0 Å². The summed E-state index contributed by atoms with van der Waals surface area (Å²) >= 11 is 0. The summed E-state index contributed by atoms with van der Waals surface area (Å²) in [7, 11) is 0. The number of carboxylic acid groups (broad SMARTS) is 1. The number of hydrogen-bond donors (Lipinski definition) is 2. The van der Waals surface area contributed by atoms with Crippen molar-refractivity contribution in [3.63, 3.8) is 0 Å². The third kappa shape index (κ3) is 3.62. The van der Waals surface area contributed by atoms with Crippen LogP contribution in [-0.2, 0) is 4.79 Å². The molecule has 2 rings (SSSR count). The van der Waals surface area contributed by atoms with E-state index < -0.39 is 5.97 Å². The van der Waals surface area contributed by atoms with Crippen molar-refractivity contribution < 1.29 is 19.8 Å². The van der Waals surface area contributed by atoms with Crippen molar-refractivity contribution in [2.45, 2.75) is 44.6 Å². The zero-order valence-electron chi connectivity index (χ0n) is 11.8. The minimum absolute atomic E-state index is 0.0172. The Morgan fingerprint density at radius 3 is 2.60 bits per heavy atom. The van der Waals surface area contributed by atoms with Gasteiger partial charge in [0, 0.05) is 32.3 Å². The molecule has 2 fully saturated rings. The van der Waals surface area contributed by atoms with Crippen molar-refractivity contribution in [2.75, 3.05) is 26.2 Å². The summed E-state index contributed by atoms with van der Waals surface area (Å²) in [6.07, 6.45) is 4.47. The number of carboxylic acids is 1. The van der Waals surface area contributed by atoms with Gasteiger partial charge in [0.15, 0.2) is 0 Å². The lowest BCUT2D eigenvalue weighted by Crippen LogP contribution is -2.49. The molecule has 0 spiro atoms. The van der Waals surface area contributed by atoms with Crippen LogP contribution < -0.4 is 0 Å². The van der Waals surface area contributed by atoms with E-state index in [2.05, 4.69) is 0 Å². The van der Waals surface area contributed by atoms with Gasteiger partial charge in [0.2, 0.25) is 0 Å². The van der Waals surface area contributed by atoms with Crippen LogP contribution in [0.4, 0.5) is 4.79 Å². The van der Waals surface area contributed by atoms with Gasteiger partial charge in [-0.2, -0.15) is 0 Å². The van der Waals surface area contributed by atoms with Gasteiger partial charge in [0.05, 0.1) is 6.42 Å². The minimum atomic E-state index is -0.841. The fourth-order valence-electron chi connectivity index (χ4n) is 3.34. The lowest BCUT2D eigenvalue weighted by molar-refractivity contribution is -0.138. The van der Waals surface area contributed by atoms with E-state index in [0.717, 1.165) is 38.6 Å². The normalized spacial score (nSPS) is 26.9. The van der Waals surface area contributed by atoms with E-state index in [-0.39, 0.29) is 25.1 Å². The smallest absolute Gasteiger partial charge is 0.320 e. The number of aliphatic hydroxyl groups is 1. The summed E-state index contributed by atoms with van der Waals surface area (Å²) in [6, 6.07) is -0.172. The van der Waals surface area contributed by atoms with Crippen LogP contribution in [0.25, 0.3) is 0 Å². The van der Waals surface area contributed by atoms with Gasteiger partial charge in [-0.25, -0.2) is 4.79 Å². The quantitative estimate of drug-likeness (QED) is 0.811. The number of urea groups is 1. The zero-order valence-corrected chi connectivity index (χ0v) is 11.8. The molecular formula is C14H24N2O4. The highest BCUT2D eigenvalue weighted by atomic mass is 16.4. The summed E-state index contributed by atoms with van der Waals surface area (Å²) in [5.74, 6) is -0.468. The Morgan fingerprint density at radius 1 is 1.15 bits per heavy atom. The van der Waals surface area contributed by atoms with Gasteiger partial charge in [-0.15, -0.1) is 0 Å². The molecule has 0 saturated carbocycles. The molecule has 2 amide bonds. The van der Waals surface area contributed by atoms with E-state index in [1.807, 2.05) is 4.90 Å². The Bertz CT molecular complexity index is 359. The predicted molar refractivity (Wildman–Crippen MR) is 73.4 cm³/mol. The molecule has 2 saturated heterocycles. The van der Waals surface area contributed by atoms with Crippen LogP contribution >= 0.6 is 0 Å². The number of aliphatic carboxylic acids is 1. The van der Waals surface area contributed by atoms with Crippen LogP contribution in [0.2, 0.25) is 0 Å². The standard InChI is InChI=1S/C14H24N2O4/c17-8-5-11-3-1-6-15(10-11)14(20)16-7-2-4-12(16)9-13(18)19/h11-12,17H,1-10H2,(H,18,19). The van der Waals surface area contributed by atoms with Gasteiger partial charge in [-0.1, -0.05) is 0 Å². The highest BCUT2D eigenvalue weighted by Crippen LogP contribution is 2.25.